The van der Waals surface area contributed by atoms with E-state index < -0.39 is 15.9 Å². The van der Waals surface area contributed by atoms with Crippen LogP contribution in [0.15, 0.2) is 59.8 Å². The fourth-order valence-corrected chi connectivity index (χ4v) is 3.81. The van der Waals surface area contributed by atoms with Crippen LogP contribution in [0.25, 0.3) is 0 Å². The van der Waals surface area contributed by atoms with Crippen LogP contribution >= 0.6 is 0 Å². The topological polar surface area (TPSA) is 97.2 Å². The van der Waals surface area contributed by atoms with E-state index in [9.17, 15) is 13.2 Å². The number of aromatic nitrogens is 3. The molecule has 1 N–H and O–H groups in total. The standard InChI is InChI=1S/C18H19N5O3S/c1-13-7-9-14(10-8-13)27(25,26)23(3)18-15(12-20-22(18)2)17(24)21-16-6-4-5-11-19-16/h4-12H,1-3H3,(H,19,21,24). The predicted octanol–water partition coefficient (Wildman–Crippen LogP) is 2.20. The van der Waals surface area contributed by atoms with Crippen molar-refractivity contribution in [3.05, 3.63) is 66.0 Å². The molecule has 8 nitrogen and oxygen atoms in total. The Kier molecular flexibility index (Phi) is 4.95. The van der Waals surface area contributed by atoms with E-state index in [4.69, 9.17) is 0 Å². The SMILES string of the molecule is Cc1ccc(S(=O)(=O)N(C)c2c(C(=O)Nc3ccccn3)cnn2C)cc1. The Bertz CT molecular complexity index is 1060. The lowest BCUT2D eigenvalue weighted by Crippen LogP contribution is -2.30. The summed E-state index contributed by atoms with van der Waals surface area (Å²) in [6.45, 7) is 1.88. The summed E-state index contributed by atoms with van der Waals surface area (Å²) in [5.41, 5.74) is 1.08. The highest BCUT2D eigenvalue weighted by Crippen LogP contribution is 2.26. The highest BCUT2D eigenvalue weighted by molar-refractivity contribution is 7.92. The molecule has 0 saturated carbocycles. The summed E-state index contributed by atoms with van der Waals surface area (Å²) in [6.07, 6.45) is 2.88. The van der Waals surface area contributed by atoms with Gasteiger partial charge in [0, 0.05) is 20.3 Å². The number of hydrogen-bond donors (Lipinski definition) is 1. The van der Waals surface area contributed by atoms with Crippen molar-refractivity contribution >= 4 is 27.6 Å². The van der Waals surface area contributed by atoms with E-state index in [1.165, 1.54) is 30.1 Å². The number of sulfonamides is 1. The molecule has 0 spiro atoms. The average Bonchev–Trinajstić information content (AvgIpc) is 3.03. The van der Waals surface area contributed by atoms with E-state index in [0.717, 1.165) is 9.87 Å². The van der Waals surface area contributed by atoms with Gasteiger partial charge in [-0.1, -0.05) is 23.8 Å². The van der Waals surface area contributed by atoms with Gasteiger partial charge in [0.1, 0.15) is 11.4 Å². The van der Waals surface area contributed by atoms with Gasteiger partial charge in [-0.05, 0) is 31.2 Å². The summed E-state index contributed by atoms with van der Waals surface area (Å²) in [7, 11) is -0.883. The summed E-state index contributed by atoms with van der Waals surface area (Å²) < 4.78 is 28.3. The normalized spacial score (nSPS) is 11.2. The van der Waals surface area contributed by atoms with E-state index in [1.807, 2.05) is 6.92 Å². The molecule has 9 heteroatoms. The number of amides is 1. The van der Waals surface area contributed by atoms with Crippen LogP contribution in [0.2, 0.25) is 0 Å². The Hall–Kier alpha value is -3.20. The predicted molar refractivity (Wildman–Crippen MR) is 102 cm³/mol. The highest BCUT2D eigenvalue weighted by Gasteiger charge is 2.28. The average molecular weight is 385 g/mol. The van der Waals surface area contributed by atoms with Crippen molar-refractivity contribution in [1.29, 1.82) is 0 Å². The number of carbonyl (C=O) groups excluding carboxylic acids is 1. The number of benzene rings is 1. The fourth-order valence-electron chi connectivity index (χ4n) is 2.57. The number of hydrogen-bond acceptors (Lipinski definition) is 5. The van der Waals surface area contributed by atoms with Gasteiger partial charge in [-0.25, -0.2) is 13.4 Å². The van der Waals surface area contributed by atoms with Gasteiger partial charge in [0.15, 0.2) is 5.82 Å². The summed E-state index contributed by atoms with van der Waals surface area (Å²) in [4.78, 5) is 16.8. The first-order valence-electron chi connectivity index (χ1n) is 8.10. The molecule has 140 valence electrons. The molecule has 3 aromatic rings. The zero-order valence-corrected chi connectivity index (χ0v) is 15.9. The molecule has 0 atom stereocenters. The van der Waals surface area contributed by atoms with Gasteiger partial charge >= 0.3 is 0 Å². The van der Waals surface area contributed by atoms with Crippen molar-refractivity contribution < 1.29 is 13.2 Å². The van der Waals surface area contributed by atoms with Crippen molar-refractivity contribution in [1.82, 2.24) is 14.8 Å². The second-order valence-electron chi connectivity index (χ2n) is 5.96. The van der Waals surface area contributed by atoms with Crippen molar-refractivity contribution in [2.24, 2.45) is 7.05 Å². The van der Waals surface area contributed by atoms with Crippen LogP contribution in [0.3, 0.4) is 0 Å². The maximum Gasteiger partial charge on any atom is 0.265 e. The molecular weight excluding hydrogens is 366 g/mol. The van der Waals surface area contributed by atoms with E-state index >= 15 is 0 Å². The van der Waals surface area contributed by atoms with E-state index in [2.05, 4.69) is 15.4 Å². The summed E-state index contributed by atoms with van der Waals surface area (Å²) >= 11 is 0. The maximum absolute atomic E-state index is 13.0. The van der Waals surface area contributed by atoms with Crippen molar-refractivity contribution in [2.45, 2.75) is 11.8 Å². The number of nitrogens with zero attached hydrogens (tertiary/aromatic N) is 4. The van der Waals surface area contributed by atoms with E-state index in [0.29, 0.717) is 5.82 Å². The highest BCUT2D eigenvalue weighted by atomic mass is 32.2. The van der Waals surface area contributed by atoms with Crippen LogP contribution < -0.4 is 9.62 Å². The fraction of sp³-hybridized carbons (Fsp3) is 0.167. The maximum atomic E-state index is 13.0. The first-order chi connectivity index (χ1) is 12.8. The van der Waals surface area contributed by atoms with Crippen LogP contribution in [-0.4, -0.2) is 36.1 Å². The van der Waals surface area contributed by atoms with Gasteiger partial charge in [0.2, 0.25) is 0 Å². The third kappa shape index (κ3) is 3.68. The minimum atomic E-state index is -3.85. The molecular formula is C18H19N5O3S. The molecule has 1 aromatic carbocycles. The van der Waals surface area contributed by atoms with Crippen molar-refractivity contribution in [2.75, 3.05) is 16.7 Å². The summed E-state index contributed by atoms with van der Waals surface area (Å²) in [5.74, 6) is 0.0214. The largest absolute Gasteiger partial charge is 0.306 e. The molecule has 0 fully saturated rings. The van der Waals surface area contributed by atoms with E-state index in [-0.39, 0.29) is 16.3 Å². The van der Waals surface area contributed by atoms with Crippen molar-refractivity contribution in [3.8, 4) is 0 Å². The van der Waals surface area contributed by atoms with Crippen LogP contribution in [0.1, 0.15) is 15.9 Å². The zero-order chi connectivity index (χ0) is 19.6. The second-order valence-corrected chi connectivity index (χ2v) is 7.93. The molecule has 3 rings (SSSR count). The Labute approximate surface area is 157 Å². The number of carbonyl (C=O) groups is 1. The minimum absolute atomic E-state index is 0.126. The lowest BCUT2D eigenvalue weighted by atomic mass is 10.2. The smallest absolute Gasteiger partial charge is 0.265 e. The minimum Gasteiger partial charge on any atom is -0.306 e. The quantitative estimate of drug-likeness (QED) is 0.726. The number of nitrogens with one attached hydrogen (secondary N) is 1. The second kappa shape index (κ2) is 7.20. The third-order valence-corrected chi connectivity index (χ3v) is 5.80. The number of rotatable bonds is 5. The monoisotopic (exact) mass is 385 g/mol. The van der Waals surface area contributed by atoms with Crippen LogP contribution in [0.4, 0.5) is 11.6 Å². The Morgan fingerprint density at radius 3 is 2.48 bits per heavy atom. The van der Waals surface area contributed by atoms with Gasteiger partial charge in [-0.2, -0.15) is 5.10 Å². The van der Waals surface area contributed by atoms with Crippen LogP contribution in [-0.2, 0) is 17.1 Å². The van der Waals surface area contributed by atoms with Crippen LogP contribution in [0.5, 0.6) is 0 Å². The lowest BCUT2D eigenvalue weighted by molar-refractivity contribution is 0.102. The molecule has 0 radical (unpaired) electrons. The molecule has 2 aromatic heterocycles. The first-order valence-corrected chi connectivity index (χ1v) is 9.54. The number of aryl methyl sites for hydroxylation is 2. The Balaban J connectivity index is 1.96. The summed E-state index contributed by atoms with van der Waals surface area (Å²) in [6, 6.07) is 11.6. The van der Waals surface area contributed by atoms with Gasteiger partial charge < -0.3 is 5.32 Å². The molecule has 0 aliphatic carbocycles. The molecule has 0 bridgehead atoms. The van der Waals surface area contributed by atoms with Gasteiger partial charge in [-0.15, -0.1) is 0 Å². The molecule has 1 amide bonds. The molecule has 0 aliphatic rings. The molecule has 2 heterocycles. The van der Waals surface area contributed by atoms with Crippen LogP contribution in [0, 0.1) is 6.92 Å². The van der Waals surface area contributed by atoms with Crippen molar-refractivity contribution in [3.63, 3.8) is 0 Å². The third-order valence-electron chi connectivity index (χ3n) is 4.04. The lowest BCUT2D eigenvalue weighted by Gasteiger charge is -2.21. The van der Waals surface area contributed by atoms with Gasteiger partial charge in [0.05, 0.1) is 11.1 Å². The number of pyridine rings is 1. The van der Waals surface area contributed by atoms with Gasteiger partial charge in [0.25, 0.3) is 15.9 Å². The first kappa shape index (κ1) is 18.6. The van der Waals surface area contributed by atoms with E-state index in [1.54, 1.807) is 43.6 Å². The number of anilines is 2. The Morgan fingerprint density at radius 1 is 1.15 bits per heavy atom. The Morgan fingerprint density at radius 2 is 1.85 bits per heavy atom. The summed E-state index contributed by atoms with van der Waals surface area (Å²) in [5, 5.41) is 6.69. The van der Waals surface area contributed by atoms with Gasteiger partial charge in [-0.3, -0.25) is 13.8 Å². The molecule has 0 saturated heterocycles. The molecule has 0 unspecified atom stereocenters. The molecule has 27 heavy (non-hydrogen) atoms. The zero-order valence-electron chi connectivity index (χ0n) is 15.1. The molecule has 0 aliphatic heterocycles.